The third kappa shape index (κ3) is 5.01. The third-order valence-electron chi connectivity index (χ3n) is 4.17. The zero-order chi connectivity index (χ0) is 19.8. The Balaban J connectivity index is 1.56. The van der Waals surface area contributed by atoms with E-state index in [-0.39, 0.29) is 0 Å². The van der Waals surface area contributed by atoms with Gasteiger partial charge in [-0.1, -0.05) is 30.3 Å². The SMILES string of the molecule is CN=C(NCc1csc(-c2ccccc2)n1)NCc1ccc(OC)cc1OC. The van der Waals surface area contributed by atoms with Gasteiger partial charge in [0.25, 0.3) is 0 Å². The second kappa shape index (κ2) is 9.75. The maximum absolute atomic E-state index is 5.44. The summed E-state index contributed by atoms with van der Waals surface area (Å²) in [5.74, 6) is 2.24. The molecule has 0 aliphatic heterocycles. The fourth-order valence-corrected chi connectivity index (χ4v) is 3.50. The first-order valence-corrected chi connectivity index (χ1v) is 9.76. The Bertz CT molecular complexity index is 925. The summed E-state index contributed by atoms with van der Waals surface area (Å²) in [6.45, 7) is 1.18. The summed E-state index contributed by atoms with van der Waals surface area (Å²) in [4.78, 5) is 8.97. The molecule has 0 saturated heterocycles. The number of nitrogens with zero attached hydrogens (tertiary/aromatic N) is 2. The molecule has 0 atom stereocenters. The molecule has 0 aliphatic rings. The molecule has 0 spiro atoms. The van der Waals surface area contributed by atoms with Gasteiger partial charge in [0, 0.05) is 36.2 Å². The number of aliphatic imine (C=N–C) groups is 1. The van der Waals surface area contributed by atoms with Crippen molar-refractivity contribution in [2.24, 2.45) is 4.99 Å². The minimum atomic E-state index is 0.583. The van der Waals surface area contributed by atoms with Gasteiger partial charge in [-0.2, -0.15) is 0 Å². The van der Waals surface area contributed by atoms with E-state index in [0.29, 0.717) is 19.0 Å². The van der Waals surface area contributed by atoms with Crippen LogP contribution in [-0.4, -0.2) is 32.2 Å². The monoisotopic (exact) mass is 396 g/mol. The minimum absolute atomic E-state index is 0.583. The summed E-state index contributed by atoms with van der Waals surface area (Å²) in [5, 5.41) is 9.68. The van der Waals surface area contributed by atoms with E-state index in [2.05, 4.69) is 33.1 Å². The first-order chi connectivity index (χ1) is 13.7. The molecule has 0 unspecified atom stereocenters. The summed E-state index contributed by atoms with van der Waals surface area (Å²) in [5.41, 5.74) is 3.13. The number of guanidine groups is 1. The van der Waals surface area contributed by atoms with Crippen LogP contribution in [0.1, 0.15) is 11.3 Å². The molecule has 1 heterocycles. The Morgan fingerprint density at radius 2 is 1.82 bits per heavy atom. The number of nitrogens with one attached hydrogen (secondary N) is 2. The number of rotatable bonds is 7. The van der Waals surface area contributed by atoms with Gasteiger partial charge in [-0.15, -0.1) is 11.3 Å². The molecular weight excluding hydrogens is 372 g/mol. The highest BCUT2D eigenvalue weighted by molar-refractivity contribution is 7.13. The summed E-state index contributed by atoms with van der Waals surface area (Å²) in [7, 11) is 5.04. The molecular formula is C21H24N4O2S. The summed E-state index contributed by atoms with van der Waals surface area (Å²) in [6, 6.07) is 15.9. The smallest absolute Gasteiger partial charge is 0.191 e. The number of thiazole rings is 1. The van der Waals surface area contributed by atoms with Gasteiger partial charge in [0.1, 0.15) is 16.5 Å². The van der Waals surface area contributed by atoms with E-state index >= 15 is 0 Å². The van der Waals surface area contributed by atoms with Crippen molar-refractivity contribution >= 4 is 17.3 Å². The molecule has 146 valence electrons. The van der Waals surface area contributed by atoms with Crippen LogP contribution in [0.25, 0.3) is 10.6 Å². The van der Waals surface area contributed by atoms with E-state index in [1.165, 1.54) is 0 Å². The van der Waals surface area contributed by atoms with E-state index in [9.17, 15) is 0 Å². The molecule has 0 bridgehead atoms. The van der Waals surface area contributed by atoms with Gasteiger partial charge in [0.05, 0.1) is 26.5 Å². The predicted octanol–water partition coefficient (Wildman–Crippen LogP) is 3.69. The average Bonchev–Trinajstić information content (AvgIpc) is 3.23. The Morgan fingerprint density at radius 3 is 2.54 bits per heavy atom. The third-order valence-corrected chi connectivity index (χ3v) is 5.11. The van der Waals surface area contributed by atoms with Crippen LogP contribution in [0.4, 0.5) is 0 Å². The largest absolute Gasteiger partial charge is 0.497 e. The molecule has 1 aromatic heterocycles. The molecule has 3 rings (SSSR count). The lowest BCUT2D eigenvalue weighted by Gasteiger charge is -2.14. The lowest BCUT2D eigenvalue weighted by atomic mass is 10.2. The van der Waals surface area contributed by atoms with Crippen LogP contribution in [0.2, 0.25) is 0 Å². The maximum Gasteiger partial charge on any atom is 0.191 e. The van der Waals surface area contributed by atoms with Gasteiger partial charge in [-0.3, -0.25) is 4.99 Å². The number of methoxy groups -OCH3 is 2. The van der Waals surface area contributed by atoms with Crippen molar-refractivity contribution in [3.63, 3.8) is 0 Å². The van der Waals surface area contributed by atoms with E-state index in [1.54, 1.807) is 32.6 Å². The van der Waals surface area contributed by atoms with E-state index in [1.807, 2.05) is 36.4 Å². The highest BCUT2D eigenvalue weighted by Crippen LogP contribution is 2.24. The molecule has 28 heavy (non-hydrogen) atoms. The maximum atomic E-state index is 5.44. The van der Waals surface area contributed by atoms with E-state index in [4.69, 9.17) is 14.5 Å². The summed E-state index contributed by atoms with van der Waals surface area (Å²) in [6.07, 6.45) is 0. The molecule has 2 aromatic carbocycles. The lowest BCUT2D eigenvalue weighted by Crippen LogP contribution is -2.36. The molecule has 3 aromatic rings. The molecule has 2 N–H and O–H groups in total. The number of aromatic nitrogens is 1. The average molecular weight is 397 g/mol. The number of hydrogen-bond acceptors (Lipinski definition) is 5. The second-order valence-corrected chi connectivity index (χ2v) is 6.83. The first-order valence-electron chi connectivity index (χ1n) is 8.88. The predicted molar refractivity (Wildman–Crippen MR) is 114 cm³/mol. The first kappa shape index (κ1) is 19.7. The van der Waals surface area contributed by atoms with Crippen LogP contribution in [-0.2, 0) is 13.1 Å². The molecule has 0 saturated carbocycles. The van der Waals surface area contributed by atoms with Crippen molar-refractivity contribution in [2.75, 3.05) is 21.3 Å². The van der Waals surface area contributed by atoms with Crippen LogP contribution in [0, 0.1) is 0 Å². The Labute approximate surface area is 169 Å². The lowest BCUT2D eigenvalue weighted by molar-refractivity contribution is 0.390. The fraction of sp³-hybridized carbons (Fsp3) is 0.238. The van der Waals surface area contributed by atoms with Crippen molar-refractivity contribution in [3.8, 4) is 22.1 Å². The number of ether oxygens (including phenoxy) is 2. The molecule has 6 nitrogen and oxygen atoms in total. The quantitative estimate of drug-likeness (QED) is 0.471. The van der Waals surface area contributed by atoms with Gasteiger partial charge in [-0.05, 0) is 12.1 Å². The highest BCUT2D eigenvalue weighted by atomic mass is 32.1. The molecule has 0 aliphatic carbocycles. The topological polar surface area (TPSA) is 67.8 Å². The molecule has 0 radical (unpaired) electrons. The van der Waals surface area contributed by atoms with E-state index in [0.717, 1.165) is 33.3 Å². The summed E-state index contributed by atoms with van der Waals surface area (Å²) < 4.78 is 10.7. The zero-order valence-corrected chi connectivity index (χ0v) is 17.0. The second-order valence-electron chi connectivity index (χ2n) is 5.97. The van der Waals surface area contributed by atoms with Crippen LogP contribution in [0.15, 0.2) is 58.9 Å². The van der Waals surface area contributed by atoms with Crippen molar-refractivity contribution in [1.29, 1.82) is 0 Å². The summed E-state index contributed by atoms with van der Waals surface area (Å²) >= 11 is 1.64. The molecule has 7 heteroatoms. The van der Waals surface area contributed by atoms with E-state index < -0.39 is 0 Å². The minimum Gasteiger partial charge on any atom is -0.497 e. The normalized spacial score (nSPS) is 11.2. The Morgan fingerprint density at radius 1 is 1.04 bits per heavy atom. The van der Waals surface area contributed by atoms with Crippen LogP contribution in [0.5, 0.6) is 11.5 Å². The van der Waals surface area contributed by atoms with Crippen LogP contribution < -0.4 is 20.1 Å². The van der Waals surface area contributed by atoms with Crippen molar-refractivity contribution < 1.29 is 9.47 Å². The Kier molecular flexibility index (Phi) is 6.86. The zero-order valence-electron chi connectivity index (χ0n) is 16.2. The van der Waals surface area contributed by atoms with Crippen LogP contribution >= 0.6 is 11.3 Å². The van der Waals surface area contributed by atoms with Gasteiger partial charge in [0.2, 0.25) is 0 Å². The van der Waals surface area contributed by atoms with Gasteiger partial charge < -0.3 is 20.1 Å². The van der Waals surface area contributed by atoms with Gasteiger partial charge >= 0.3 is 0 Å². The fourth-order valence-electron chi connectivity index (χ4n) is 2.67. The molecule has 0 fully saturated rings. The van der Waals surface area contributed by atoms with Gasteiger partial charge in [0.15, 0.2) is 5.96 Å². The standard InChI is InChI=1S/C21H24N4O2S/c1-22-21(23-12-16-9-10-18(26-2)11-19(16)27-3)24-13-17-14-28-20(25-17)15-7-5-4-6-8-15/h4-11,14H,12-13H2,1-3H3,(H2,22,23,24). The highest BCUT2D eigenvalue weighted by Gasteiger charge is 2.08. The number of hydrogen-bond donors (Lipinski definition) is 2. The van der Waals surface area contributed by atoms with Gasteiger partial charge in [-0.25, -0.2) is 4.98 Å². The van der Waals surface area contributed by atoms with Crippen molar-refractivity contribution in [3.05, 3.63) is 65.2 Å². The van der Waals surface area contributed by atoms with Crippen LogP contribution in [0.3, 0.4) is 0 Å². The number of benzene rings is 2. The Hall–Kier alpha value is -3.06. The van der Waals surface area contributed by atoms with Crippen molar-refractivity contribution in [2.45, 2.75) is 13.1 Å². The van der Waals surface area contributed by atoms with Crippen molar-refractivity contribution in [1.82, 2.24) is 15.6 Å². The molecule has 0 amide bonds.